The summed E-state index contributed by atoms with van der Waals surface area (Å²) in [6.45, 7) is 1.82. The van der Waals surface area contributed by atoms with Gasteiger partial charge in [-0.25, -0.2) is 0 Å². The van der Waals surface area contributed by atoms with E-state index in [9.17, 15) is 13.2 Å². The van der Waals surface area contributed by atoms with Crippen molar-refractivity contribution >= 4 is 16.1 Å². The van der Waals surface area contributed by atoms with Crippen LogP contribution in [0, 0.1) is 6.92 Å². The zero-order chi connectivity index (χ0) is 16.2. The minimum atomic E-state index is -3.73. The van der Waals surface area contributed by atoms with Gasteiger partial charge in [-0.1, -0.05) is 17.7 Å². The minimum Gasteiger partial charge on any atom is -0.480 e. The number of benzene rings is 1. The lowest BCUT2D eigenvalue weighted by molar-refractivity contribution is -0.136. The molecule has 0 unspecified atom stereocenters. The SMILES string of the molecule is Cc1ccc(S(=O)(=O)OC2CCC(NCC(=O)O)CC2)cc1. The number of aliphatic carboxylic acids is 1. The van der Waals surface area contributed by atoms with Crippen molar-refractivity contribution < 1.29 is 22.5 Å². The molecule has 0 bridgehead atoms. The maximum atomic E-state index is 12.2. The third kappa shape index (κ3) is 4.79. The number of rotatable bonds is 6. The predicted molar refractivity (Wildman–Crippen MR) is 81.1 cm³/mol. The average Bonchev–Trinajstić information content (AvgIpc) is 2.46. The highest BCUT2D eigenvalue weighted by molar-refractivity contribution is 7.86. The molecule has 0 saturated heterocycles. The van der Waals surface area contributed by atoms with E-state index in [0.29, 0.717) is 25.7 Å². The van der Waals surface area contributed by atoms with Gasteiger partial charge in [-0.2, -0.15) is 8.42 Å². The van der Waals surface area contributed by atoms with Crippen LogP contribution in [-0.4, -0.2) is 38.2 Å². The van der Waals surface area contributed by atoms with Crippen LogP contribution >= 0.6 is 0 Å². The fourth-order valence-electron chi connectivity index (χ4n) is 2.53. The molecule has 2 rings (SSSR count). The van der Waals surface area contributed by atoms with E-state index in [1.807, 2.05) is 6.92 Å². The van der Waals surface area contributed by atoms with Gasteiger partial charge in [0.2, 0.25) is 0 Å². The maximum Gasteiger partial charge on any atom is 0.317 e. The number of carboxylic acid groups (broad SMARTS) is 1. The Morgan fingerprint density at radius 1 is 1.23 bits per heavy atom. The molecule has 1 aromatic rings. The van der Waals surface area contributed by atoms with Gasteiger partial charge in [0.25, 0.3) is 10.1 Å². The van der Waals surface area contributed by atoms with Crippen molar-refractivity contribution in [1.29, 1.82) is 0 Å². The Labute approximate surface area is 130 Å². The Bertz CT molecular complexity index is 603. The molecular formula is C15H21NO5S. The molecule has 22 heavy (non-hydrogen) atoms. The second kappa shape index (κ2) is 7.21. The molecule has 0 aliphatic heterocycles. The molecule has 0 spiro atoms. The van der Waals surface area contributed by atoms with E-state index >= 15 is 0 Å². The van der Waals surface area contributed by atoms with Crippen LogP contribution in [0.5, 0.6) is 0 Å². The Kier molecular flexibility index (Phi) is 5.55. The quantitative estimate of drug-likeness (QED) is 0.772. The summed E-state index contributed by atoms with van der Waals surface area (Å²) < 4.78 is 29.7. The van der Waals surface area contributed by atoms with Gasteiger partial charge in [-0.05, 0) is 44.7 Å². The van der Waals surface area contributed by atoms with Gasteiger partial charge in [0.15, 0.2) is 0 Å². The van der Waals surface area contributed by atoms with Crippen LogP contribution in [0.15, 0.2) is 29.2 Å². The van der Waals surface area contributed by atoms with Gasteiger partial charge in [0.1, 0.15) is 0 Å². The summed E-state index contributed by atoms with van der Waals surface area (Å²) in [4.78, 5) is 10.7. The summed E-state index contributed by atoms with van der Waals surface area (Å²) >= 11 is 0. The number of nitrogens with one attached hydrogen (secondary N) is 1. The Morgan fingerprint density at radius 3 is 2.36 bits per heavy atom. The van der Waals surface area contributed by atoms with Crippen molar-refractivity contribution in [1.82, 2.24) is 5.32 Å². The fourth-order valence-corrected chi connectivity index (χ4v) is 3.67. The van der Waals surface area contributed by atoms with Crippen LogP contribution in [0.3, 0.4) is 0 Å². The molecule has 0 aromatic heterocycles. The molecule has 1 fully saturated rings. The molecule has 1 aliphatic carbocycles. The van der Waals surface area contributed by atoms with Gasteiger partial charge in [0.05, 0.1) is 17.5 Å². The molecule has 122 valence electrons. The first-order chi connectivity index (χ1) is 10.4. The third-order valence-corrected chi connectivity index (χ3v) is 5.16. The number of carbonyl (C=O) groups is 1. The summed E-state index contributed by atoms with van der Waals surface area (Å²) in [6.07, 6.45) is 2.28. The van der Waals surface area contributed by atoms with Gasteiger partial charge in [0, 0.05) is 6.04 Å². The first-order valence-electron chi connectivity index (χ1n) is 7.32. The van der Waals surface area contributed by atoms with Crippen LogP contribution in [0.1, 0.15) is 31.2 Å². The summed E-state index contributed by atoms with van der Waals surface area (Å²) in [6, 6.07) is 6.68. The molecule has 1 saturated carbocycles. The lowest BCUT2D eigenvalue weighted by Crippen LogP contribution is -2.38. The zero-order valence-corrected chi connectivity index (χ0v) is 13.3. The number of aryl methyl sites for hydroxylation is 1. The van der Waals surface area contributed by atoms with Gasteiger partial charge < -0.3 is 10.4 Å². The average molecular weight is 327 g/mol. The Balaban J connectivity index is 1.87. The Hall–Kier alpha value is -1.44. The van der Waals surface area contributed by atoms with Crippen LogP contribution < -0.4 is 5.32 Å². The van der Waals surface area contributed by atoms with Crippen LogP contribution in [0.25, 0.3) is 0 Å². The molecule has 6 nitrogen and oxygen atoms in total. The lowest BCUT2D eigenvalue weighted by atomic mass is 9.93. The largest absolute Gasteiger partial charge is 0.480 e. The summed E-state index contributed by atoms with van der Waals surface area (Å²) in [7, 11) is -3.73. The molecule has 0 heterocycles. The van der Waals surface area contributed by atoms with Gasteiger partial charge >= 0.3 is 5.97 Å². The van der Waals surface area contributed by atoms with Crippen molar-refractivity contribution in [2.45, 2.75) is 49.6 Å². The Morgan fingerprint density at radius 2 is 1.82 bits per heavy atom. The van der Waals surface area contributed by atoms with E-state index in [4.69, 9.17) is 9.29 Å². The third-order valence-electron chi connectivity index (χ3n) is 3.79. The van der Waals surface area contributed by atoms with E-state index in [2.05, 4.69) is 5.32 Å². The van der Waals surface area contributed by atoms with E-state index in [1.54, 1.807) is 24.3 Å². The van der Waals surface area contributed by atoms with Crippen molar-refractivity contribution in [2.75, 3.05) is 6.54 Å². The lowest BCUT2D eigenvalue weighted by Gasteiger charge is -2.28. The number of carboxylic acids is 1. The molecule has 0 amide bonds. The molecule has 1 aromatic carbocycles. The maximum absolute atomic E-state index is 12.2. The molecule has 1 aliphatic rings. The highest BCUT2D eigenvalue weighted by atomic mass is 32.2. The minimum absolute atomic E-state index is 0.0716. The number of hydrogen-bond acceptors (Lipinski definition) is 5. The van der Waals surface area contributed by atoms with E-state index in [-0.39, 0.29) is 23.6 Å². The topological polar surface area (TPSA) is 92.7 Å². The van der Waals surface area contributed by atoms with Crippen molar-refractivity contribution in [3.8, 4) is 0 Å². The molecule has 0 atom stereocenters. The van der Waals surface area contributed by atoms with Crippen molar-refractivity contribution in [2.24, 2.45) is 0 Å². The molecule has 0 radical (unpaired) electrons. The smallest absolute Gasteiger partial charge is 0.317 e. The highest BCUT2D eigenvalue weighted by Crippen LogP contribution is 2.25. The standard InChI is InChI=1S/C15H21NO5S/c1-11-2-8-14(9-3-11)22(19,20)21-13-6-4-12(5-7-13)16-10-15(17)18/h2-3,8-9,12-13,16H,4-7,10H2,1H3,(H,17,18). The first kappa shape index (κ1) is 16.9. The van der Waals surface area contributed by atoms with Crippen LogP contribution in [0.4, 0.5) is 0 Å². The molecular weight excluding hydrogens is 306 g/mol. The van der Waals surface area contributed by atoms with Gasteiger partial charge in [-0.15, -0.1) is 0 Å². The molecule has 2 N–H and O–H groups in total. The van der Waals surface area contributed by atoms with Crippen LogP contribution in [-0.2, 0) is 19.1 Å². The van der Waals surface area contributed by atoms with Crippen molar-refractivity contribution in [3.63, 3.8) is 0 Å². The zero-order valence-electron chi connectivity index (χ0n) is 12.5. The predicted octanol–water partition coefficient (Wildman–Crippen LogP) is 1.69. The summed E-state index contributed by atoms with van der Waals surface area (Å²) in [5.41, 5.74) is 0.990. The van der Waals surface area contributed by atoms with Crippen LogP contribution in [0.2, 0.25) is 0 Å². The van der Waals surface area contributed by atoms with Crippen molar-refractivity contribution in [3.05, 3.63) is 29.8 Å². The first-order valence-corrected chi connectivity index (χ1v) is 8.73. The number of hydrogen-bond donors (Lipinski definition) is 2. The molecule has 7 heteroatoms. The van der Waals surface area contributed by atoms with E-state index < -0.39 is 16.1 Å². The monoisotopic (exact) mass is 327 g/mol. The normalized spacial score (nSPS) is 22.4. The summed E-state index contributed by atoms with van der Waals surface area (Å²) in [5.74, 6) is -0.889. The highest BCUT2D eigenvalue weighted by Gasteiger charge is 2.27. The second-order valence-electron chi connectivity index (χ2n) is 5.61. The fraction of sp³-hybridized carbons (Fsp3) is 0.533. The van der Waals surface area contributed by atoms with E-state index in [1.165, 1.54) is 0 Å². The second-order valence-corrected chi connectivity index (χ2v) is 7.18. The summed E-state index contributed by atoms with van der Waals surface area (Å²) in [5, 5.41) is 11.6. The van der Waals surface area contributed by atoms with Gasteiger partial charge in [-0.3, -0.25) is 8.98 Å². The van der Waals surface area contributed by atoms with E-state index in [0.717, 1.165) is 5.56 Å².